The van der Waals surface area contributed by atoms with Crippen molar-refractivity contribution in [1.29, 1.82) is 0 Å². The normalized spacial score (nSPS) is 16.7. The van der Waals surface area contributed by atoms with Crippen LogP contribution in [0.1, 0.15) is 12.8 Å². The van der Waals surface area contributed by atoms with Gasteiger partial charge in [-0.3, -0.25) is 0 Å². The second-order valence-corrected chi connectivity index (χ2v) is 3.48. The van der Waals surface area contributed by atoms with E-state index >= 15 is 0 Å². The maximum Gasteiger partial charge on any atom is 0.141 e. The van der Waals surface area contributed by atoms with Gasteiger partial charge >= 0.3 is 0 Å². The van der Waals surface area contributed by atoms with Crippen LogP contribution in [0.2, 0.25) is 0 Å². The SMILES string of the molecule is Oc1ccccc1N=CN1CCCC1. The maximum atomic E-state index is 9.45. The van der Waals surface area contributed by atoms with E-state index in [9.17, 15) is 5.11 Å². The summed E-state index contributed by atoms with van der Waals surface area (Å²) >= 11 is 0. The van der Waals surface area contributed by atoms with Gasteiger partial charge in [0.1, 0.15) is 11.4 Å². The van der Waals surface area contributed by atoms with Gasteiger partial charge in [-0.2, -0.15) is 0 Å². The van der Waals surface area contributed by atoms with Crippen LogP contribution in [-0.2, 0) is 0 Å². The fourth-order valence-electron chi connectivity index (χ4n) is 1.57. The monoisotopic (exact) mass is 190 g/mol. The van der Waals surface area contributed by atoms with E-state index in [1.165, 1.54) is 12.8 Å². The zero-order chi connectivity index (χ0) is 9.80. The predicted octanol–water partition coefficient (Wildman–Crippen LogP) is 2.15. The van der Waals surface area contributed by atoms with E-state index in [-0.39, 0.29) is 5.75 Å². The molecule has 1 N–H and O–H groups in total. The zero-order valence-corrected chi connectivity index (χ0v) is 8.06. The van der Waals surface area contributed by atoms with Crippen molar-refractivity contribution in [2.75, 3.05) is 13.1 Å². The molecule has 3 heteroatoms. The van der Waals surface area contributed by atoms with Crippen molar-refractivity contribution in [2.24, 2.45) is 4.99 Å². The van der Waals surface area contributed by atoms with Gasteiger partial charge in [0.15, 0.2) is 0 Å². The average Bonchev–Trinajstić information content (AvgIpc) is 2.69. The molecule has 1 aromatic carbocycles. The molecule has 0 aliphatic carbocycles. The molecule has 2 rings (SSSR count). The number of aliphatic imine (C=N–C) groups is 1. The summed E-state index contributed by atoms with van der Waals surface area (Å²) in [6, 6.07) is 7.12. The predicted molar refractivity (Wildman–Crippen MR) is 57.1 cm³/mol. The molecule has 0 spiro atoms. The van der Waals surface area contributed by atoms with Crippen molar-refractivity contribution in [3.63, 3.8) is 0 Å². The molecule has 74 valence electrons. The molecular formula is C11H14N2O. The molecule has 1 saturated heterocycles. The summed E-state index contributed by atoms with van der Waals surface area (Å²) in [6.07, 6.45) is 4.31. The first-order chi connectivity index (χ1) is 6.86. The van der Waals surface area contributed by atoms with Crippen LogP contribution < -0.4 is 0 Å². The smallest absolute Gasteiger partial charge is 0.141 e. The van der Waals surface area contributed by atoms with Crippen LogP contribution in [0.4, 0.5) is 5.69 Å². The Morgan fingerprint density at radius 1 is 1.21 bits per heavy atom. The first-order valence-electron chi connectivity index (χ1n) is 4.92. The molecule has 0 unspecified atom stereocenters. The summed E-state index contributed by atoms with van der Waals surface area (Å²) in [5.41, 5.74) is 0.638. The lowest BCUT2D eigenvalue weighted by Crippen LogP contribution is -2.15. The lowest BCUT2D eigenvalue weighted by Gasteiger charge is -2.08. The molecule has 1 heterocycles. The molecule has 0 radical (unpaired) electrons. The van der Waals surface area contributed by atoms with E-state index in [2.05, 4.69) is 9.89 Å². The van der Waals surface area contributed by atoms with Crippen LogP contribution in [0, 0.1) is 0 Å². The van der Waals surface area contributed by atoms with Crippen LogP contribution in [0.25, 0.3) is 0 Å². The number of rotatable bonds is 2. The Balaban J connectivity index is 2.06. The Morgan fingerprint density at radius 2 is 1.93 bits per heavy atom. The van der Waals surface area contributed by atoms with Crippen LogP contribution in [0.3, 0.4) is 0 Å². The molecule has 0 bridgehead atoms. The maximum absolute atomic E-state index is 9.45. The number of phenolic OH excluding ortho intramolecular Hbond substituents is 1. The summed E-state index contributed by atoms with van der Waals surface area (Å²) in [4.78, 5) is 6.41. The number of aromatic hydroxyl groups is 1. The molecule has 0 amide bonds. The second-order valence-electron chi connectivity index (χ2n) is 3.48. The third-order valence-corrected chi connectivity index (χ3v) is 2.38. The summed E-state index contributed by atoms with van der Waals surface area (Å²) in [7, 11) is 0. The highest BCUT2D eigenvalue weighted by molar-refractivity contribution is 5.64. The van der Waals surface area contributed by atoms with Crippen molar-refractivity contribution in [1.82, 2.24) is 4.90 Å². The Morgan fingerprint density at radius 3 is 2.64 bits per heavy atom. The second kappa shape index (κ2) is 4.13. The average molecular weight is 190 g/mol. The van der Waals surface area contributed by atoms with Crippen molar-refractivity contribution in [2.45, 2.75) is 12.8 Å². The number of para-hydroxylation sites is 2. The van der Waals surface area contributed by atoms with Gasteiger partial charge in [-0.15, -0.1) is 0 Å². The van der Waals surface area contributed by atoms with Crippen molar-refractivity contribution in [3.8, 4) is 5.75 Å². The number of hydrogen-bond donors (Lipinski definition) is 1. The minimum absolute atomic E-state index is 0.239. The highest BCUT2D eigenvalue weighted by Gasteiger charge is 2.07. The van der Waals surface area contributed by atoms with Gasteiger partial charge < -0.3 is 10.0 Å². The standard InChI is InChI=1S/C11H14N2O/c14-11-6-2-1-5-10(11)12-9-13-7-3-4-8-13/h1-2,5-6,9,14H,3-4,7-8H2. The van der Waals surface area contributed by atoms with Crippen LogP contribution in [-0.4, -0.2) is 29.4 Å². The van der Waals surface area contributed by atoms with E-state index in [0.29, 0.717) is 5.69 Å². The van der Waals surface area contributed by atoms with Crippen molar-refractivity contribution >= 4 is 12.0 Å². The first kappa shape index (κ1) is 9.06. The molecule has 1 aromatic rings. The summed E-state index contributed by atoms with van der Waals surface area (Å²) in [6.45, 7) is 2.16. The molecule has 0 atom stereocenters. The molecule has 0 saturated carbocycles. The number of hydrogen-bond acceptors (Lipinski definition) is 2. The number of benzene rings is 1. The van der Waals surface area contributed by atoms with Crippen LogP contribution in [0.5, 0.6) is 5.75 Å². The lowest BCUT2D eigenvalue weighted by molar-refractivity contribution is 0.476. The Bertz CT molecular complexity index is 330. The van der Waals surface area contributed by atoms with E-state index in [1.807, 2.05) is 18.5 Å². The van der Waals surface area contributed by atoms with Crippen molar-refractivity contribution in [3.05, 3.63) is 24.3 Å². The third-order valence-electron chi connectivity index (χ3n) is 2.38. The third kappa shape index (κ3) is 2.05. The van der Waals surface area contributed by atoms with Crippen molar-refractivity contribution < 1.29 is 5.11 Å². The van der Waals surface area contributed by atoms with Gasteiger partial charge in [0.2, 0.25) is 0 Å². The Hall–Kier alpha value is -1.51. The molecule has 1 fully saturated rings. The molecular weight excluding hydrogens is 176 g/mol. The van der Waals surface area contributed by atoms with Gasteiger partial charge in [-0.05, 0) is 25.0 Å². The summed E-state index contributed by atoms with van der Waals surface area (Å²) in [5.74, 6) is 0.239. The Kier molecular flexibility index (Phi) is 2.68. The molecule has 14 heavy (non-hydrogen) atoms. The van der Waals surface area contributed by atoms with E-state index in [4.69, 9.17) is 0 Å². The van der Waals surface area contributed by atoms with E-state index < -0.39 is 0 Å². The quantitative estimate of drug-likeness (QED) is 0.573. The highest BCUT2D eigenvalue weighted by atomic mass is 16.3. The fraction of sp³-hybridized carbons (Fsp3) is 0.364. The largest absolute Gasteiger partial charge is 0.506 e. The van der Waals surface area contributed by atoms with Crippen LogP contribution in [0.15, 0.2) is 29.3 Å². The Labute approximate surface area is 83.7 Å². The van der Waals surface area contributed by atoms with E-state index in [0.717, 1.165) is 13.1 Å². The van der Waals surface area contributed by atoms with Gasteiger partial charge in [-0.1, -0.05) is 12.1 Å². The van der Waals surface area contributed by atoms with Gasteiger partial charge in [0.05, 0.1) is 6.34 Å². The molecule has 0 aromatic heterocycles. The number of phenols is 1. The highest BCUT2D eigenvalue weighted by Crippen LogP contribution is 2.24. The topological polar surface area (TPSA) is 35.8 Å². The van der Waals surface area contributed by atoms with E-state index in [1.54, 1.807) is 12.1 Å². The number of likely N-dealkylation sites (tertiary alicyclic amines) is 1. The molecule has 3 nitrogen and oxygen atoms in total. The van der Waals surface area contributed by atoms with Crippen LogP contribution >= 0.6 is 0 Å². The minimum Gasteiger partial charge on any atom is -0.506 e. The fourth-order valence-corrected chi connectivity index (χ4v) is 1.57. The lowest BCUT2D eigenvalue weighted by atomic mass is 10.3. The zero-order valence-electron chi connectivity index (χ0n) is 8.06. The van der Waals surface area contributed by atoms with Gasteiger partial charge in [-0.25, -0.2) is 4.99 Å². The molecule has 1 aliphatic rings. The van der Waals surface area contributed by atoms with Gasteiger partial charge in [0, 0.05) is 13.1 Å². The number of nitrogens with zero attached hydrogens (tertiary/aromatic N) is 2. The molecule has 1 aliphatic heterocycles. The summed E-state index contributed by atoms with van der Waals surface area (Å²) in [5, 5.41) is 9.45. The first-order valence-corrected chi connectivity index (χ1v) is 4.92. The summed E-state index contributed by atoms with van der Waals surface area (Å²) < 4.78 is 0. The van der Waals surface area contributed by atoms with Gasteiger partial charge in [0.25, 0.3) is 0 Å². The minimum atomic E-state index is 0.239.